The Morgan fingerprint density at radius 3 is 2.44 bits per heavy atom. The molecule has 0 aliphatic heterocycles. The monoisotopic (exact) mass is 210 g/mol. The molecular formula is C14H14N2. The highest BCUT2D eigenvalue weighted by molar-refractivity contribution is 6.03. The minimum Gasteiger partial charge on any atom is -0.256 e. The third-order valence-corrected chi connectivity index (χ3v) is 2.35. The summed E-state index contributed by atoms with van der Waals surface area (Å²) >= 11 is 0. The molecule has 0 aliphatic carbocycles. The van der Waals surface area contributed by atoms with Crippen LogP contribution in [0.1, 0.15) is 13.8 Å². The van der Waals surface area contributed by atoms with Gasteiger partial charge in [0.15, 0.2) is 0 Å². The Morgan fingerprint density at radius 2 is 1.56 bits per heavy atom. The average Bonchev–Trinajstić information content (AvgIpc) is 2.41. The van der Waals surface area contributed by atoms with Gasteiger partial charge in [0.05, 0.1) is 11.0 Å². The number of pyridine rings is 2. The van der Waals surface area contributed by atoms with Gasteiger partial charge >= 0.3 is 0 Å². The van der Waals surface area contributed by atoms with E-state index in [1.807, 2.05) is 38.2 Å². The first-order valence-corrected chi connectivity index (χ1v) is 5.53. The van der Waals surface area contributed by atoms with Gasteiger partial charge in [-0.05, 0) is 24.3 Å². The predicted molar refractivity (Wildman–Crippen MR) is 68.4 cm³/mol. The van der Waals surface area contributed by atoms with Crippen LogP contribution in [0, 0.1) is 0 Å². The van der Waals surface area contributed by atoms with E-state index in [1.165, 1.54) is 0 Å². The molecular weight excluding hydrogens is 196 g/mol. The summed E-state index contributed by atoms with van der Waals surface area (Å²) in [5, 5.41) is 2.28. The topological polar surface area (TPSA) is 25.8 Å². The van der Waals surface area contributed by atoms with Crippen LogP contribution in [0.5, 0.6) is 0 Å². The number of nitrogens with zero attached hydrogens (tertiary/aromatic N) is 2. The molecule has 80 valence electrons. The molecule has 0 saturated carbocycles. The fourth-order valence-electron chi connectivity index (χ4n) is 1.70. The van der Waals surface area contributed by atoms with E-state index < -0.39 is 0 Å². The molecule has 16 heavy (non-hydrogen) atoms. The maximum absolute atomic E-state index is 4.37. The highest BCUT2D eigenvalue weighted by atomic mass is 14.7. The molecule has 3 aromatic rings. The van der Waals surface area contributed by atoms with Crippen LogP contribution >= 0.6 is 0 Å². The lowest BCUT2D eigenvalue weighted by Crippen LogP contribution is -1.82. The van der Waals surface area contributed by atoms with E-state index in [4.69, 9.17) is 0 Å². The summed E-state index contributed by atoms with van der Waals surface area (Å²) in [5.41, 5.74) is 2.02. The van der Waals surface area contributed by atoms with Gasteiger partial charge < -0.3 is 0 Å². The molecule has 0 bridgehead atoms. The lowest BCUT2D eigenvalue weighted by Gasteiger charge is -2.00. The fourth-order valence-corrected chi connectivity index (χ4v) is 1.70. The van der Waals surface area contributed by atoms with Gasteiger partial charge in [0.25, 0.3) is 0 Å². The zero-order valence-electron chi connectivity index (χ0n) is 9.51. The molecule has 0 unspecified atom stereocenters. The van der Waals surface area contributed by atoms with E-state index in [1.54, 1.807) is 6.20 Å². The largest absolute Gasteiger partial charge is 0.256 e. The van der Waals surface area contributed by atoms with E-state index >= 15 is 0 Å². The van der Waals surface area contributed by atoms with Crippen molar-refractivity contribution in [2.75, 3.05) is 0 Å². The molecule has 0 N–H and O–H groups in total. The standard InChI is InChI=1S/C12H8N2.C2H6/c1-3-9-5-6-11-10(4-2-7-13-11)12(9)14-8-1;1-2/h1-8H;1-2H3. The van der Waals surface area contributed by atoms with Crippen LogP contribution < -0.4 is 0 Å². The van der Waals surface area contributed by atoms with Crippen LogP contribution in [0.25, 0.3) is 21.8 Å². The minimum absolute atomic E-state index is 0.999. The summed E-state index contributed by atoms with van der Waals surface area (Å²) in [4.78, 5) is 8.66. The average molecular weight is 210 g/mol. The molecule has 2 aromatic heterocycles. The summed E-state index contributed by atoms with van der Waals surface area (Å²) in [5.74, 6) is 0. The maximum Gasteiger partial charge on any atom is 0.0795 e. The summed E-state index contributed by atoms with van der Waals surface area (Å²) in [6, 6.07) is 12.1. The lowest BCUT2D eigenvalue weighted by atomic mass is 10.1. The molecule has 1 aromatic carbocycles. The predicted octanol–water partition coefficient (Wildman–Crippen LogP) is 3.81. The second-order valence-corrected chi connectivity index (χ2v) is 3.21. The van der Waals surface area contributed by atoms with Crippen molar-refractivity contribution in [1.82, 2.24) is 9.97 Å². The lowest BCUT2D eigenvalue weighted by molar-refractivity contribution is 1.39. The smallest absolute Gasteiger partial charge is 0.0795 e. The Labute approximate surface area is 95.0 Å². The van der Waals surface area contributed by atoms with Crippen molar-refractivity contribution in [1.29, 1.82) is 0 Å². The third-order valence-electron chi connectivity index (χ3n) is 2.35. The Hall–Kier alpha value is -1.96. The van der Waals surface area contributed by atoms with Gasteiger partial charge in [-0.2, -0.15) is 0 Å². The molecule has 2 heteroatoms. The minimum atomic E-state index is 0.999. The first-order valence-electron chi connectivity index (χ1n) is 5.53. The van der Waals surface area contributed by atoms with Crippen molar-refractivity contribution < 1.29 is 0 Å². The molecule has 0 spiro atoms. The van der Waals surface area contributed by atoms with Gasteiger partial charge in [-0.25, -0.2) is 0 Å². The van der Waals surface area contributed by atoms with Crippen molar-refractivity contribution in [3.05, 3.63) is 48.8 Å². The Morgan fingerprint density at radius 1 is 0.812 bits per heavy atom. The fraction of sp³-hybridized carbons (Fsp3) is 0.143. The number of benzene rings is 1. The van der Waals surface area contributed by atoms with E-state index in [0.717, 1.165) is 21.8 Å². The van der Waals surface area contributed by atoms with E-state index in [0.29, 0.717) is 0 Å². The van der Waals surface area contributed by atoms with Gasteiger partial charge in [-0.3, -0.25) is 9.97 Å². The summed E-state index contributed by atoms with van der Waals surface area (Å²) in [6.45, 7) is 4.00. The molecule has 0 radical (unpaired) electrons. The number of hydrogen-bond acceptors (Lipinski definition) is 2. The SMILES string of the molecule is CC.c1cnc2c(c1)ccc1ncccc12. The quantitative estimate of drug-likeness (QED) is 0.527. The van der Waals surface area contributed by atoms with Crippen molar-refractivity contribution in [3.8, 4) is 0 Å². The summed E-state index contributed by atoms with van der Waals surface area (Å²) < 4.78 is 0. The Kier molecular flexibility index (Phi) is 3.10. The molecule has 0 aliphatic rings. The summed E-state index contributed by atoms with van der Waals surface area (Å²) in [6.07, 6.45) is 3.62. The highest BCUT2D eigenvalue weighted by Crippen LogP contribution is 2.20. The first-order chi connectivity index (χ1) is 7.95. The molecule has 2 heterocycles. The molecule has 2 nitrogen and oxygen atoms in total. The Bertz CT molecular complexity index is 548. The molecule has 0 atom stereocenters. The van der Waals surface area contributed by atoms with E-state index in [-0.39, 0.29) is 0 Å². The zero-order valence-corrected chi connectivity index (χ0v) is 9.51. The van der Waals surface area contributed by atoms with Crippen LogP contribution in [-0.2, 0) is 0 Å². The Balaban J connectivity index is 0.000000457. The van der Waals surface area contributed by atoms with Crippen LogP contribution in [0.15, 0.2) is 48.8 Å². The molecule has 0 saturated heterocycles. The molecule has 0 amide bonds. The molecule has 0 fully saturated rings. The van der Waals surface area contributed by atoms with Crippen LogP contribution in [-0.4, -0.2) is 9.97 Å². The van der Waals surface area contributed by atoms with Gasteiger partial charge in [-0.1, -0.05) is 26.0 Å². The first kappa shape index (κ1) is 10.6. The van der Waals surface area contributed by atoms with Crippen LogP contribution in [0.2, 0.25) is 0 Å². The second kappa shape index (κ2) is 4.71. The van der Waals surface area contributed by atoms with Gasteiger partial charge in [0, 0.05) is 23.2 Å². The third kappa shape index (κ3) is 1.74. The van der Waals surface area contributed by atoms with E-state index in [9.17, 15) is 0 Å². The van der Waals surface area contributed by atoms with Crippen LogP contribution in [0.4, 0.5) is 0 Å². The van der Waals surface area contributed by atoms with Crippen LogP contribution in [0.3, 0.4) is 0 Å². The van der Waals surface area contributed by atoms with Gasteiger partial charge in [0.1, 0.15) is 0 Å². The van der Waals surface area contributed by atoms with Gasteiger partial charge in [0.2, 0.25) is 0 Å². The molecule has 3 rings (SSSR count). The van der Waals surface area contributed by atoms with Crippen molar-refractivity contribution in [2.45, 2.75) is 13.8 Å². The number of fused-ring (bicyclic) bond motifs is 3. The van der Waals surface area contributed by atoms with E-state index in [2.05, 4.69) is 28.2 Å². The second-order valence-electron chi connectivity index (χ2n) is 3.21. The van der Waals surface area contributed by atoms with Gasteiger partial charge in [-0.15, -0.1) is 0 Å². The summed E-state index contributed by atoms with van der Waals surface area (Å²) in [7, 11) is 0. The maximum atomic E-state index is 4.37. The highest BCUT2D eigenvalue weighted by Gasteiger charge is 1.99. The van der Waals surface area contributed by atoms with Crippen molar-refractivity contribution in [2.24, 2.45) is 0 Å². The zero-order chi connectivity index (χ0) is 11.4. The normalized spacial score (nSPS) is 9.88. The van der Waals surface area contributed by atoms with Crippen molar-refractivity contribution >= 4 is 21.8 Å². The number of rotatable bonds is 0. The van der Waals surface area contributed by atoms with Crippen molar-refractivity contribution in [3.63, 3.8) is 0 Å². The number of aromatic nitrogens is 2. The number of hydrogen-bond donors (Lipinski definition) is 0.